The zero-order chi connectivity index (χ0) is 6.97. The SMILES string of the molecule is NCc1c[nH]cc1C1CC1. The highest BCUT2D eigenvalue weighted by Crippen LogP contribution is 2.41. The molecule has 0 amide bonds. The zero-order valence-corrected chi connectivity index (χ0v) is 5.93. The molecule has 1 fully saturated rings. The summed E-state index contributed by atoms with van der Waals surface area (Å²) in [6, 6.07) is 0. The van der Waals surface area contributed by atoms with Gasteiger partial charge in [0.05, 0.1) is 0 Å². The van der Waals surface area contributed by atoms with Crippen LogP contribution in [0.1, 0.15) is 29.9 Å². The second-order valence-electron chi connectivity index (χ2n) is 2.91. The molecule has 2 rings (SSSR count). The van der Waals surface area contributed by atoms with Gasteiger partial charge >= 0.3 is 0 Å². The number of nitrogens with one attached hydrogen (secondary N) is 1. The van der Waals surface area contributed by atoms with Crippen molar-refractivity contribution in [1.82, 2.24) is 4.98 Å². The van der Waals surface area contributed by atoms with Crippen LogP contribution in [0.3, 0.4) is 0 Å². The first-order valence-electron chi connectivity index (χ1n) is 3.77. The van der Waals surface area contributed by atoms with E-state index in [1.54, 1.807) is 0 Å². The van der Waals surface area contributed by atoms with E-state index in [0.29, 0.717) is 6.54 Å². The zero-order valence-electron chi connectivity index (χ0n) is 5.93. The summed E-state index contributed by atoms with van der Waals surface area (Å²) >= 11 is 0. The van der Waals surface area contributed by atoms with Crippen molar-refractivity contribution < 1.29 is 0 Å². The van der Waals surface area contributed by atoms with Crippen molar-refractivity contribution in [2.45, 2.75) is 25.3 Å². The van der Waals surface area contributed by atoms with E-state index in [1.165, 1.54) is 24.0 Å². The molecule has 0 spiro atoms. The molecular formula is C8H12N2. The number of aromatic nitrogens is 1. The largest absolute Gasteiger partial charge is 0.367 e. The van der Waals surface area contributed by atoms with Crippen LogP contribution in [0.15, 0.2) is 12.4 Å². The minimum Gasteiger partial charge on any atom is -0.367 e. The number of nitrogens with two attached hydrogens (primary N) is 1. The van der Waals surface area contributed by atoms with Crippen LogP contribution in [0.4, 0.5) is 0 Å². The summed E-state index contributed by atoms with van der Waals surface area (Å²) in [5, 5.41) is 0. The van der Waals surface area contributed by atoms with E-state index in [-0.39, 0.29) is 0 Å². The molecule has 10 heavy (non-hydrogen) atoms. The summed E-state index contributed by atoms with van der Waals surface area (Å²) in [4.78, 5) is 3.09. The number of hydrogen-bond donors (Lipinski definition) is 2. The van der Waals surface area contributed by atoms with Crippen LogP contribution in [-0.2, 0) is 6.54 Å². The highest BCUT2D eigenvalue weighted by molar-refractivity contribution is 5.30. The molecule has 1 heterocycles. The molecule has 0 atom stereocenters. The van der Waals surface area contributed by atoms with Crippen LogP contribution in [-0.4, -0.2) is 4.98 Å². The lowest BCUT2D eigenvalue weighted by Crippen LogP contribution is -1.96. The van der Waals surface area contributed by atoms with E-state index in [0.717, 1.165) is 5.92 Å². The van der Waals surface area contributed by atoms with E-state index in [4.69, 9.17) is 5.73 Å². The molecule has 1 aliphatic carbocycles. The fourth-order valence-corrected chi connectivity index (χ4v) is 1.36. The van der Waals surface area contributed by atoms with Crippen LogP contribution in [0.5, 0.6) is 0 Å². The van der Waals surface area contributed by atoms with Crippen molar-refractivity contribution in [2.75, 3.05) is 0 Å². The van der Waals surface area contributed by atoms with Crippen LogP contribution < -0.4 is 5.73 Å². The van der Waals surface area contributed by atoms with Gasteiger partial charge in [-0.1, -0.05) is 0 Å². The van der Waals surface area contributed by atoms with Gasteiger partial charge < -0.3 is 10.7 Å². The number of H-pyrrole nitrogens is 1. The molecule has 1 aromatic rings. The molecule has 0 unspecified atom stereocenters. The highest BCUT2D eigenvalue weighted by atomic mass is 14.7. The van der Waals surface area contributed by atoms with Crippen LogP contribution in [0, 0.1) is 0 Å². The number of hydrogen-bond acceptors (Lipinski definition) is 1. The molecule has 2 nitrogen and oxygen atoms in total. The summed E-state index contributed by atoms with van der Waals surface area (Å²) in [6.07, 6.45) is 6.79. The Labute approximate surface area is 60.4 Å². The van der Waals surface area contributed by atoms with Crippen LogP contribution in [0.2, 0.25) is 0 Å². The Morgan fingerprint density at radius 3 is 2.90 bits per heavy atom. The standard InChI is InChI=1S/C8H12N2/c9-3-7-4-10-5-8(7)6-1-2-6/h4-6,10H,1-3,9H2. The summed E-state index contributed by atoms with van der Waals surface area (Å²) < 4.78 is 0. The Kier molecular flexibility index (Phi) is 1.27. The fourth-order valence-electron chi connectivity index (χ4n) is 1.36. The van der Waals surface area contributed by atoms with Gasteiger partial charge in [-0.25, -0.2) is 0 Å². The van der Waals surface area contributed by atoms with Crippen LogP contribution >= 0.6 is 0 Å². The van der Waals surface area contributed by atoms with Gasteiger partial charge in [-0.2, -0.15) is 0 Å². The number of aromatic amines is 1. The van der Waals surface area contributed by atoms with E-state index in [2.05, 4.69) is 11.2 Å². The van der Waals surface area contributed by atoms with Gasteiger partial charge in [-0.15, -0.1) is 0 Å². The Morgan fingerprint density at radius 2 is 2.30 bits per heavy atom. The Morgan fingerprint density at radius 1 is 1.50 bits per heavy atom. The molecule has 1 saturated carbocycles. The third-order valence-electron chi connectivity index (χ3n) is 2.10. The van der Waals surface area contributed by atoms with Gasteiger partial charge in [0.25, 0.3) is 0 Å². The monoisotopic (exact) mass is 136 g/mol. The number of rotatable bonds is 2. The topological polar surface area (TPSA) is 41.8 Å². The quantitative estimate of drug-likeness (QED) is 0.633. The molecule has 0 saturated heterocycles. The highest BCUT2D eigenvalue weighted by Gasteiger charge is 2.25. The third-order valence-corrected chi connectivity index (χ3v) is 2.10. The van der Waals surface area contributed by atoms with Gasteiger partial charge in [-0.05, 0) is 29.9 Å². The Balaban J connectivity index is 2.28. The average molecular weight is 136 g/mol. The van der Waals surface area contributed by atoms with Gasteiger partial charge in [-0.3, -0.25) is 0 Å². The predicted octanol–water partition coefficient (Wildman–Crippen LogP) is 1.35. The lowest BCUT2D eigenvalue weighted by Gasteiger charge is -1.95. The Hall–Kier alpha value is -0.760. The van der Waals surface area contributed by atoms with Gasteiger partial charge in [0.1, 0.15) is 0 Å². The Bertz CT molecular complexity index is 223. The molecule has 0 radical (unpaired) electrons. The molecule has 0 aliphatic heterocycles. The normalized spacial score (nSPS) is 17.7. The average Bonchev–Trinajstić information content (AvgIpc) is 2.69. The molecule has 2 heteroatoms. The van der Waals surface area contributed by atoms with E-state index in [1.807, 2.05) is 6.20 Å². The summed E-state index contributed by atoms with van der Waals surface area (Å²) in [5.74, 6) is 0.824. The molecular weight excluding hydrogens is 124 g/mol. The van der Waals surface area contributed by atoms with Crippen molar-refractivity contribution in [3.8, 4) is 0 Å². The second kappa shape index (κ2) is 2.13. The lowest BCUT2D eigenvalue weighted by atomic mass is 10.1. The summed E-state index contributed by atoms with van der Waals surface area (Å²) in [5.41, 5.74) is 8.28. The molecule has 1 aromatic heterocycles. The maximum absolute atomic E-state index is 5.54. The maximum Gasteiger partial charge on any atom is 0.0196 e. The second-order valence-corrected chi connectivity index (χ2v) is 2.91. The first kappa shape index (κ1) is 5.98. The fraction of sp³-hybridized carbons (Fsp3) is 0.500. The first-order valence-corrected chi connectivity index (χ1v) is 3.77. The van der Waals surface area contributed by atoms with Crippen LogP contribution in [0.25, 0.3) is 0 Å². The molecule has 1 aliphatic rings. The van der Waals surface area contributed by atoms with Crippen molar-refractivity contribution in [1.29, 1.82) is 0 Å². The minimum absolute atomic E-state index is 0.676. The van der Waals surface area contributed by atoms with Crippen molar-refractivity contribution >= 4 is 0 Å². The van der Waals surface area contributed by atoms with E-state index < -0.39 is 0 Å². The first-order chi connectivity index (χ1) is 4.92. The van der Waals surface area contributed by atoms with Gasteiger partial charge in [0, 0.05) is 18.9 Å². The van der Waals surface area contributed by atoms with Gasteiger partial charge in [0.15, 0.2) is 0 Å². The predicted molar refractivity (Wildman–Crippen MR) is 40.7 cm³/mol. The molecule has 0 bridgehead atoms. The van der Waals surface area contributed by atoms with E-state index in [9.17, 15) is 0 Å². The molecule has 3 N–H and O–H groups in total. The van der Waals surface area contributed by atoms with Crippen molar-refractivity contribution in [2.24, 2.45) is 5.73 Å². The van der Waals surface area contributed by atoms with Crippen molar-refractivity contribution in [3.63, 3.8) is 0 Å². The minimum atomic E-state index is 0.676. The van der Waals surface area contributed by atoms with E-state index >= 15 is 0 Å². The van der Waals surface area contributed by atoms with Crippen molar-refractivity contribution in [3.05, 3.63) is 23.5 Å². The lowest BCUT2D eigenvalue weighted by molar-refractivity contribution is 1.01. The molecule has 0 aromatic carbocycles. The summed E-state index contributed by atoms with van der Waals surface area (Å²) in [7, 11) is 0. The maximum atomic E-state index is 5.54. The summed E-state index contributed by atoms with van der Waals surface area (Å²) in [6.45, 7) is 0.676. The third kappa shape index (κ3) is 0.847. The van der Waals surface area contributed by atoms with Gasteiger partial charge in [0.2, 0.25) is 0 Å². The smallest absolute Gasteiger partial charge is 0.0196 e. The molecule has 54 valence electrons.